The van der Waals surface area contributed by atoms with Gasteiger partial charge in [0, 0.05) is 14.2 Å². The van der Waals surface area contributed by atoms with Crippen molar-refractivity contribution in [3.05, 3.63) is 0 Å². The van der Waals surface area contributed by atoms with Gasteiger partial charge in [0.2, 0.25) is 0 Å². The van der Waals surface area contributed by atoms with E-state index in [-0.39, 0.29) is 0 Å². The number of methoxy groups -OCH3 is 2. The van der Waals surface area contributed by atoms with Crippen molar-refractivity contribution in [1.82, 2.24) is 0 Å². The van der Waals surface area contributed by atoms with Crippen LogP contribution in [0.25, 0.3) is 0 Å². The fourth-order valence-corrected chi connectivity index (χ4v) is 1.97. The van der Waals surface area contributed by atoms with Gasteiger partial charge in [-0.2, -0.15) is 0 Å². The second-order valence-corrected chi connectivity index (χ2v) is 3.38. The van der Waals surface area contributed by atoms with Gasteiger partial charge < -0.3 is 9.47 Å². The molecular formula is C9H18O2. The molecule has 1 aliphatic carbocycles. The Labute approximate surface area is 68.9 Å². The molecule has 0 N–H and O–H groups in total. The summed E-state index contributed by atoms with van der Waals surface area (Å²) >= 11 is 0. The molecule has 0 aromatic heterocycles. The first-order chi connectivity index (χ1) is 5.29. The summed E-state index contributed by atoms with van der Waals surface area (Å²) in [6.07, 6.45) is 4.34. The molecule has 0 bridgehead atoms. The molecule has 1 aliphatic rings. The maximum Gasteiger partial charge on any atom is 0.0858 e. The van der Waals surface area contributed by atoms with Crippen LogP contribution in [-0.4, -0.2) is 26.4 Å². The van der Waals surface area contributed by atoms with E-state index in [9.17, 15) is 0 Å². The predicted molar refractivity (Wildman–Crippen MR) is 44.6 cm³/mol. The van der Waals surface area contributed by atoms with Gasteiger partial charge in [-0.05, 0) is 18.8 Å². The monoisotopic (exact) mass is 158 g/mol. The van der Waals surface area contributed by atoms with Crippen molar-refractivity contribution in [3.8, 4) is 0 Å². The molecule has 1 saturated carbocycles. The zero-order valence-electron chi connectivity index (χ0n) is 7.67. The summed E-state index contributed by atoms with van der Waals surface area (Å²) in [5.41, 5.74) is 0. The maximum atomic E-state index is 5.38. The van der Waals surface area contributed by atoms with Crippen molar-refractivity contribution >= 4 is 0 Å². The van der Waals surface area contributed by atoms with Gasteiger partial charge in [-0.15, -0.1) is 0 Å². The summed E-state index contributed by atoms with van der Waals surface area (Å²) in [5, 5.41) is 0. The van der Waals surface area contributed by atoms with Crippen LogP contribution in [0.5, 0.6) is 0 Å². The van der Waals surface area contributed by atoms with Gasteiger partial charge in [0.05, 0.1) is 12.2 Å². The van der Waals surface area contributed by atoms with Gasteiger partial charge in [-0.3, -0.25) is 0 Å². The molecule has 0 aliphatic heterocycles. The van der Waals surface area contributed by atoms with E-state index in [1.165, 1.54) is 12.8 Å². The average molecular weight is 158 g/mol. The van der Waals surface area contributed by atoms with Crippen LogP contribution in [0.1, 0.15) is 26.2 Å². The summed E-state index contributed by atoms with van der Waals surface area (Å²) in [5.74, 6) is 0.652. The molecule has 0 radical (unpaired) electrons. The van der Waals surface area contributed by atoms with Crippen molar-refractivity contribution in [1.29, 1.82) is 0 Å². The Morgan fingerprint density at radius 2 is 1.82 bits per heavy atom. The van der Waals surface area contributed by atoms with E-state index >= 15 is 0 Å². The van der Waals surface area contributed by atoms with Crippen LogP contribution in [0.3, 0.4) is 0 Å². The SMILES string of the molecule is COC1CCCC(C)C1OC. The van der Waals surface area contributed by atoms with Crippen LogP contribution in [0.15, 0.2) is 0 Å². The lowest BCUT2D eigenvalue weighted by Crippen LogP contribution is -2.38. The molecule has 0 saturated heterocycles. The quantitative estimate of drug-likeness (QED) is 0.610. The van der Waals surface area contributed by atoms with Crippen molar-refractivity contribution in [2.24, 2.45) is 5.92 Å². The van der Waals surface area contributed by atoms with Crippen LogP contribution < -0.4 is 0 Å². The van der Waals surface area contributed by atoms with Gasteiger partial charge in [0.1, 0.15) is 0 Å². The molecule has 66 valence electrons. The van der Waals surface area contributed by atoms with Gasteiger partial charge >= 0.3 is 0 Å². The lowest BCUT2D eigenvalue weighted by Gasteiger charge is -2.34. The van der Waals surface area contributed by atoms with Gasteiger partial charge in [-0.25, -0.2) is 0 Å². The third-order valence-electron chi connectivity index (χ3n) is 2.65. The third kappa shape index (κ3) is 1.94. The highest BCUT2D eigenvalue weighted by molar-refractivity contribution is 4.80. The van der Waals surface area contributed by atoms with Crippen LogP contribution >= 0.6 is 0 Å². The molecule has 1 rings (SSSR count). The van der Waals surface area contributed by atoms with Crippen molar-refractivity contribution < 1.29 is 9.47 Å². The molecule has 0 spiro atoms. The zero-order valence-corrected chi connectivity index (χ0v) is 7.67. The minimum atomic E-state index is 0.314. The van der Waals surface area contributed by atoms with Crippen LogP contribution in [0, 0.1) is 5.92 Å². The summed E-state index contributed by atoms with van der Waals surface area (Å²) < 4.78 is 10.7. The molecule has 3 atom stereocenters. The molecular weight excluding hydrogens is 140 g/mol. The summed E-state index contributed by atoms with van der Waals surface area (Å²) in [6, 6.07) is 0. The molecule has 2 nitrogen and oxygen atoms in total. The highest BCUT2D eigenvalue weighted by Crippen LogP contribution is 2.27. The largest absolute Gasteiger partial charge is 0.379 e. The molecule has 3 unspecified atom stereocenters. The van der Waals surface area contributed by atoms with E-state index in [1.54, 1.807) is 14.2 Å². The first-order valence-corrected chi connectivity index (χ1v) is 4.35. The lowest BCUT2D eigenvalue weighted by atomic mass is 9.85. The topological polar surface area (TPSA) is 18.5 Å². The first-order valence-electron chi connectivity index (χ1n) is 4.35. The number of hydrogen-bond donors (Lipinski definition) is 0. The number of ether oxygens (including phenoxy) is 2. The fraction of sp³-hybridized carbons (Fsp3) is 1.00. The van der Waals surface area contributed by atoms with Crippen molar-refractivity contribution in [2.45, 2.75) is 38.4 Å². The minimum Gasteiger partial charge on any atom is -0.379 e. The van der Waals surface area contributed by atoms with E-state index in [4.69, 9.17) is 9.47 Å². The smallest absolute Gasteiger partial charge is 0.0858 e. The predicted octanol–water partition coefficient (Wildman–Crippen LogP) is 1.84. The Bertz CT molecular complexity index is 114. The molecule has 0 amide bonds. The van der Waals surface area contributed by atoms with E-state index < -0.39 is 0 Å². The Morgan fingerprint density at radius 1 is 1.09 bits per heavy atom. The summed E-state index contributed by atoms with van der Waals surface area (Å²) in [6.45, 7) is 2.24. The second kappa shape index (κ2) is 4.07. The first kappa shape index (κ1) is 9.01. The molecule has 0 aromatic rings. The van der Waals surface area contributed by atoms with Crippen molar-refractivity contribution in [3.63, 3.8) is 0 Å². The Kier molecular flexibility index (Phi) is 3.34. The van der Waals surface area contributed by atoms with Crippen LogP contribution in [0.4, 0.5) is 0 Å². The maximum absolute atomic E-state index is 5.38. The van der Waals surface area contributed by atoms with Crippen LogP contribution in [0.2, 0.25) is 0 Å². The molecule has 2 heteroatoms. The second-order valence-electron chi connectivity index (χ2n) is 3.38. The Balaban J connectivity index is 2.48. The lowest BCUT2D eigenvalue weighted by molar-refractivity contribution is -0.0826. The third-order valence-corrected chi connectivity index (χ3v) is 2.65. The normalized spacial score (nSPS) is 39.0. The average Bonchev–Trinajstić information content (AvgIpc) is 2.04. The summed E-state index contributed by atoms with van der Waals surface area (Å²) in [7, 11) is 3.55. The zero-order chi connectivity index (χ0) is 8.27. The molecule has 11 heavy (non-hydrogen) atoms. The summed E-state index contributed by atoms with van der Waals surface area (Å²) in [4.78, 5) is 0. The fourth-order valence-electron chi connectivity index (χ4n) is 1.97. The van der Waals surface area contributed by atoms with E-state index in [0.29, 0.717) is 18.1 Å². The Hall–Kier alpha value is -0.0800. The number of rotatable bonds is 2. The highest BCUT2D eigenvalue weighted by Gasteiger charge is 2.30. The van der Waals surface area contributed by atoms with E-state index in [2.05, 4.69) is 6.92 Å². The van der Waals surface area contributed by atoms with Gasteiger partial charge in [0.15, 0.2) is 0 Å². The molecule has 0 heterocycles. The van der Waals surface area contributed by atoms with Crippen LogP contribution in [-0.2, 0) is 9.47 Å². The minimum absolute atomic E-state index is 0.314. The van der Waals surface area contributed by atoms with E-state index in [0.717, 1.165) is 6.42 Å². The van der Waals surface area contributed by atoms with Gasteiger partial charge in [-0.1, -0.05) is 13.3 Å². The van der Waals surface area contributed by atoms with E-state index in [1.807, 2.05) is 0 Å². The molecule has 0 aromatic carbocycles. The highest BCUT2D eigenvalue weighted by atomic mass is 16.5. The van der Waals surface area contributed by atoms with Gasteiger partial charge in [0.25, 0.3) is 0 Å². The number of hydrogen-bond acceptors (Lipinski definition) is 2. The Morgan fingerprint density at radius 3 is 2.27 bits per heavy atom. The molecule has 1 fully saturated rings. The van der Waals surface area contributed by atoms with Crippen molar-refractivity contribution in [2.75, 3.05) is 14.2 Å². The standard InChI is InChI=1S/C9H18O2/c1-7-5-4-6-8(10-2)9(7)11-3/h7-9H,4-6H2,1-3H3.